The molecule has 0 aromatic rings. The zero-order valence-corrected chi connectivity index (χ0v) is 35.4. The lowest BCUT2D eigenvalue weighted by atomic mass is 10.0. The standard InChI is InChI=1S/C42H77ClN2O4S2/c1-3-5-7-9-11-13-15-17-19-21-23-25-27-29-31-33-37-50(46,47)44-41-36-35-40(43)39-42(41)45-51(48,49)38-34-32-30-28-26-24-22-20-18-16-14-12-10-8-6-4-2/h35-36,39H,3-34,37-38H2,1-2H3. The normalized spacial score (nSPS) is 15.3. The molecule has 1 aliphatic carbocycles. The van der Waals surface area contributed by atoms with E-state index in [1.54, 1.807) is 0 Å². The van der Waals surface area contributed by atoms with Crippen molar-refractivity contribution in [3.05, 3.63) is 23.3 Å². The molecule has 0 amide bonds. The van der Waals surface area contributed by atoms with Crippen molar-refractivity contribution < 1.29 is 16.8 Å². The number of allylic oxidation sites excluding steroid dienone is 4. The molecule has 0 radical (unpaired) electrons. The molecule has 0 aromatic carbocycles. The van der Waals surface area contributed by atoms with Gasteiger partial charge in [0, 0.05) is 5.03 Å². The highest BCUT2D eigenvalue weighted by atomic mass is 35.5. The third-order valence-corrected chi connectivity index (χ3v) is 12.7. The molecule has 9 heteroatoms. The van der Waals surface area contributed by atoms with Crippen LogP contribution in [0.1, 0.15) is 219 Å². The van der Waals surface area contributed by atoms with Gasteiger partial charge >= 0.3 is 0 Å². The summed E-state index contributed by atoms with van der Waals surface area (Å²) >= 11 is 6.13. The van der Waals surface area contributed by atoms with Gasteiger partial charge in [0.05, 0.1) is 11.5 Å². The average Bonchev–Trinajstić information content (AvgIpc) is 3.09. The molecule has 6 nitrogen and oxygen atoms in total. The van der Waals surface area contributed by atoms with Crippen LogP contribution in [0.2, 0.25) is 0 Å². The molecule has 0 fully saturated rings. The first-order valence-electron chi connectivity index (χ1n) is 21.4. The molecule has 0 spiro atoms. The van der Waals surface area contributed by atoms with Gasteiger partial charge in [-0.3, -0.25) is 0 Å². The summed E-state index contributed by atoms with van der Waals surface area (Å²) in [6.07, 6.45) is 43.5. The molecule has 0 bridgehead atoms. The Morgan fingerprint density at radius 2 is 0.647 bits per heavy atom. The number of hydrogen-bond donors (Lipinski definition) is 0. The van der Waals surface area contributed by atoms with Crippen molar-refractivity contribution in [3.63, 3.8) is 0 Å². The Bertz CT molecular complexity index is 1190. The molecule has 0 atom stereocenters. The molecule has 51 heavy (non-hydrogen) atoms. The number of hydrogen-bond acceptors (Lipinski definition) is 4. The molecule has 0 aromatic heterocycles. The fourth-order valence-electron chi connectivity index (χ4n) is 6.70. The summed E-state index contributed by atoms with van der Waals surface area (Å²) in [5, 5.41) is 0.292. The van der Waals surface area contributed by atoms with Gasteiger partial charge in [-0.15, -0.1) is 0 Å². The summed E-state index contributed by atoms with van der Waals surface area (Å²) in [6.45, 7) is 4.52. The molecule has 1 aliphatic rings. The van der Waals surface area contributed by atoms with E-state index in [0.29, 0.717) is 17.9 Å². The van der Waals surface area contributed by atoms with Crippen molar-refractivity contribution in [1.29, 1.82) is 0 Å². The van der Waals surface area contributed by atoms with E-state index in [1.807, 2.05) is 0 Å². The van der Waals surface area contributed by atoms with Crippen LogP contribution in [0.15, 0.2) is 32.1 Å². The molecule has 0 saturated carbocycles. The van der Waals surface area contributed by atoms with Crippen molar-refractivity contribution >= 4 is 43.1 Å². The van der Waals surface area contributed by atoms with Crippen LogP contribution in [0.4, 0.5) is 0 Å². The monoisotopic (exact) mass is 773 g/mol. The zero-order valence-electron chi connectivity index (χ0n) is 33.0. The van der Waals surface area contributed by atoms with E-state index in [1.165, 1.54) is 172 Å². The molecule has 0 N–H and O–H groups in total. The van der Waals surface area contributed by atoms with Gasteiger partial charge in [-0.1, -0.05) is 218 Å². The lowest BCUT2D eigenvalue weighted by Crippen LogP contribution is -2.18. The summed E-state index contributed by atoms with van der Waals surface area (Å²) in [5.74, 6) is -0.122. The van der Waals surface area contributed by atoms with Gasteiger partial charge in [-0.25, -0.2) is 16.8 Å². The second-order valence-corrected chi connectivity index (χ2v) is 18.9. The lowest BCUT2D eigenvalue weighted by molar-refractivity contribution is 0.531. The van der Waals surface area contributed by atoms with E-state index in [9.17, 15) is 16.8 Å². The molecule has 0 heterocycles. The Morgan fingerprint density at radius 3 is 0.941 bits per heavy atom. The smallest absolute Gasteiger partial charge is 0.205 e. The minimum Gasteiger partial charge on any atom is -0.205 e. The maximum Gasteiger partial charge on any atom is 0.253 e. The highest BCUT2D eigenvalue weighted by Crippen LogP contribution is 2.18. The van der Waals surface area contributed by atoms with Crippen LogP contribution in [-0.2, 0) is 20.0 Å². The molecule has 1 rings (SSSR count). The minimum absolute atomic E-state index is 0.00505. The Kier molecular flexibility index (Phi) is 30.6. The van der Waals surface area contributed by atoms with Gasteiger partial charge < -0.3 is 0 Å². The number of rotatable bonds is 36. The first-order chi connectivity index (χ1) is 24.7. The second-order valence-electron chi connectivity index (χ2n) is 15.0. The van der Waals surface area contributed by atoms with Crippen LogP contribution in [0.3, 0.4) is 0 Å². The van der Waals surface area contributed by atoms with Gasteiger partial charge in [0.25, 0.3) is 20.0 Å². The second kappa shape index (κ2) is 32.4. The molecular formula is C42H77ClN2O4S2. The van der Waals surface area contributed by atoms with Crippen LogP contribution >= 0.6 is 11.6 Å². The lowest BCUT2D eigenvalue weighted by Gasteiger charge is -2.09. The van der Waals surface area contributed by atoms with E-state index in [0.717, 1.165) is 38.5 Å². The third-order valence-electron chi connectivity index (χ3n) is 9.92. The highest BCUT2D eigenvalue weighted by molar-refractivity contribution is 7.90. The van der Waals surface area contributed by atoms with Crippen molar-refractivity contribution in [3.8, 4) is 0 Å². The molecule has 298 valence electrons. The van der Waals surface area contributed by atoms with Gasteiger partial charge in [0.1, 0.15) is 11.4 Å². The van der Waals surface area contributed by atoms with Gasteiger partial charge in [0.15, 0.2) is 0 Å². The number of sulfonamides is 2. The topological polar surface area (TPSA) is 93.0 Å². The Morgan fingerprint density at radius 1 is 0.392 bits per heavy atom. The number of halogens is 1. The van der Waals surface area contributed by atoms with Crippen LogP contribution in [0.25, 0.3) is 0 Å². The van der Waals surface area contributed by atoms with E-state index >= 15 is 0 Å². The highest BCUT2D eigenvalue weighted by Gasteiger charge is 2.19. The van der Waals surface area contributed by atoms with Gasteiger partial charge in [-0.2, -0.15) is 8.80 Å². The molecule has 0 unspecified atom stereocenters. The van der Waals surface area contributed by atoms with Crippen LogP contribution in [0.5, 0.6) is 0 Å². The third kappa shape index (κ3) is 30.1. The van der Waals surface area contributed by atoms with Gasteiger partial charge in [0.2, 0.25) is 0 Å². The van der Waals surface area contributed by atoms with Crippen LogP contribution in [-0.4, -0.2) is 39.8 Å². The van der Waals surface area contributed by atoms with Crippen LogP contribution < -0.4 is 0 Å². The summed E-state index contributed by atoms with van der Waals surface area (Å²) in [7, 11) is -7.54. The molecule has 0 aliphatic heterocycles. The maximum atomic E-state index is 12.8. The van der Waals surface area contributed by atoms with E-state index in [-0.39, 0.29) is 22.9 Å². The number of nitrogens with zero attached hydrogens (tertiary/aromatic N) is 2. The van der Waals surface area contributed by atoms with Crippen molar-refractivity contribution in [2.45, 2.75) is 219 Å². The fourth-order valence-corrected chi connectivity index (χ4v) is 9.09. The summed E-state index contributed by atoms with van der Waals surface area (Å²) in [5.41, 5.74) is 0.0287. The Labute approximate surface area is 321 Å². The zero-order chi connectivity index (χ0) is 37.3. The van der Waals surface area contributed by atoms with Crippen molar-refractivity contribution in [2.24, 2.45) is 8.80 Å². The molecule has 0 saturated heterocycles. The quantitative estimate of drug-likeness (QED) is 0.0468. The van der Waals surface area contributed by atoms with Crippen molar-refractivity contribution in [2.75, 3.05) is 11.5 Å². The first kappa shape index (κ1) is 48.0. The van der Waals surface area contributed by atoms with E-state index in [2.05, 4.69) is 22.6 Å². The summed E-state index contributed by atoms with van der Waals surface area (Å²) in [4.78, 5) is 0. The summed E-state index contributed by atoms with van der Waals surface area (Å²) < 4.78 is 59.1. The maximum absolute atomic E-state index is 12.8. The summed E-state index contributed by atoms with van der Waals surface area (Å²) in [6, 6.07) is 0. The average molecular weight is 774 g/mol. The first-order valence-corrected chi connectivity index (χ1v) is 25.0. The number of unbranched alkanes of at least 4 members (excludes halogenated alkanes) is 30. The van der Waals surface area contributed by atoms with Crippen LogP contribution in [0, 0.1) is 0 Å². The van der Waals surface area contributed by atoms with Crippen molar-refractivity contribution in [1.82, 2.24) is 0 Å². The minimum atomic E-state index is -3.78. The van der Waals surface area contributed by atoms with Gasteiger partial charge in [-0.05, 0) is 31.1 Å². The molecular weight excluding hydrogens is 696 g/mol. The van der Waals surface area contributed by atoms with E-state index in [4.69, 9.17) is 11.6 Å². The van der Waals surface area contributed by atoms with E-state index < -0.39 is 20.0 Å². The predicted octanol–water partition coefficient (Wildman–Crippen LogP) is 13.7. The predicted molar refractivity (Wildman–Crippen MR) is 225 cm³/mol. The Balaban J connectivity index is 2.23. The SMILES string of the molecule is CCCCCCCCCCCCCCCCCCS(=O)(=O)N=C1C=CC(Cl)=CC1=NS(=O)(=O)CCCCCCCCCCCCCCCCCC. The Hall–Kier alpha value is -0.990. The largest absolute Gasteiger partial charge is 0.253 e. The fraction of sp³-hybridized carbons (Fsp3) is 0.857.